The number of benzene rings is 2. The van der Waals surface area contributed by atoms with Crippen LogP contribution in [0.3, 0.4) is 0 Å². The summed E-state index contributed by atoms with van der Waals surface area (Å²) in [5, 5.41) is 10.5. The molecule has 29 heavy (non-hydrogen) atoms. The summed E-state index contributed by atoms with van der Waals surface area (Å²) in [5.74, 6) is -0.135. The van der Waals surface area contributed by atoms with E-state index in [2.05, 4.69) is 4.98 Å². The number of nitrogens with zero attached hydrogens (tertiary/aromatic N) is 3. The normalized spacial score (nSPS) is 11.1. The van der Waals surface area contributed by atoms with Crippen LogP contribution >= 0.6 is 11.6 Å². The molecule has 4 aromatic rings. The Hall–Kier alpha value is -3.45. The molecule has 0 bridgehead atoms. The molecule has 0 saturated heterocycles. The lowest BCUT2D eigenvalue weighted by Crippen LogP contribution is -2.27. The lowest BCUT2D eigenvalue weighted by molar-refractivity contribution is -0.137. The van der Waals surface area contributed by atoms with Gasteiger partial charge in [-0.15, -0.1) is 0 Å². The van der Waals surface area contributed by atoms with Crippen LogP contribution in [0.25, 0.3) is 33.1 Å². The van der Waals surface area contributed by atoms with E-state index >= 15 is 0 Å². The number of pyridine rings is 1. The molecule has 0 unspecified atom stereocenters. The van der Waals surface area contributed by atoms with Gasteiger partial charge in [-0.2, -0.15) is 0 Å². The number of aromatic nitrogens is 3. The van der Waals surface area contributed by atoms with E-state index in [9.17, 15) is 14.7 Å². The first-order chi connectivity index (χ1) is 13.9. The number of rotatable bonds is 4. The highest BCUT2D eigenvalue weighted by molar-refractivity contribution is 6.31. The zero-order valence-electron chi connectivity index (χ0n) is 15.6. The molecule has 0 aliphatic carbocycles. The first-order valence-electron chi connectivity index (χ1n) is 8.75. The molecular formula is C21H16ClN3O4. The van der Waals surface area contributed by atoms with Crippen molar-refractivity contribution in [2.45, 2.75) is 13.5 Å². The summed E-state index contributed by atoms with van der Waals surface area (Å²) in [5.41, 5.74) is 1.81. The Balaban J connectivity index is 2.14. The molecule has 0 atom stereocenters. The molecule has 146 valence electrons. The number of methoxy groups -OCH3 is 1. The number of carboxylic acids is 1. The van der Waals surface area contributed by atoms with Crippen molar-refractivity contribution >= 4 is 39.4 Å². The maximum Gasteiger partial charge on any atom is 0.323 e. The van der Waals surface area contributed by atoms with Crippen LogP contribution in [-0.2, 0) is 11.3 Å². The fraction of sp³-hybridized carbons (Fsp3) is 0.143. The number of aryl methyl sites for hydroxylation is 1. The molecule has 1 N–H and O–H groups in total. The maximum absolute atomic E-state index is 13.3. The van der Waals surface area contributed by atoms with Crippen LogP contribution in [0.2, 0.25) is 5.02 Å². The number of hydrogen-bond acceptors (Lipinski definition) is 5. The topological polar surface area (TPSA) is 94.3 Å². The third kappa shape index (κ3) is 3.30. The standard InChI is InChI=1S/C21H16ClN3O4/c1-11-23-20-18(21(28)25(11)10-17(26)27)15-9-13(22)5-8-16(15)24-19(20)12-3-6-14(29-2)7-4-12/h3-9H,10H2,1-2H3,(H,26,27). The first kappa shape index (κ1) is 18.9. The van der Waals surface area contributed by atoms with Gasteiger partial charge in [0.25, 0.3) is 5.56 Å². The molecular weight excluding hydrogens is 394 g/mol. The molecule has 7 nitrogen and oxygen atoms in total. The van der Waals surface area contributed by atoms with Crippen LogP contribution in [0.15, 0.2) is 47.3 Å². The van der Waals surface area contributed by atoms with Crippen molar-refractivity contribution < 1.29 is 14.6 Å². The smallest absolute Gasteiger partial charge is 0.323 e. The van der Waals surface area contributed by atoms with E-state index in [0.717, 1.165) is 10.1 Å². The summed E-state index contributed by atoms with van der Waals surface area (Å²) >= 11 is 6.15. The Kier molecular flexibility index (Phi) is 4.68. The molecule has 2 heterocycles. The van der Waals surface area contributed by atoms with Crippen LogP contribution in [-0.4, -0.2) is 32.7 Å². The molecule has 4 rings (SSSR count). The van der Waals surface area contributed by atoms with Crippen molar-refractivity contribution in [3.05, 3.63) is 63.7 Å². The molecule has 0 saturated carbocycles. The van der Waals surface area contributed by atoms with Gasteiger partial charge in [0.2, 0.25) is 0 Å². The van der Waals surface area contributed by atoms with E-state index in [1.807, 2.05) is 12.1 Å². The zero-order chi connectivity index (χ0) is 20.7. The summed E-state index contributed by atoms with van der Waals surface area (Å²) < 4.78 is 6.35. The Morgan fingerprint density at radius 3 is 2.55 bits per heavy atom. The number of carbonyl (C=O) groups is 1. The van der Waals surface area contributed by atoms with Crippen molar-refractivity contribution in [1.82, 2.24) is 14.5 Å². The average Bonchev–Trinajstić information content (AvgIpc) is 2.70. The van der Waals surface area contributed by atoms with Gasteiger partial charge in [-0.05, 0) is 49.4 Å². The van der Waals surface area contributed by atoms with Crippen molar-refractivity contribution in [2.24, 2.45) is 0 Å². The lowest BCUT2D eigenvalue weighted by atomic mass is 10.0. The van der Waals surface area contributed by atoms with Crippen molar-refractivity contribution in [2.75, 3.05) is 7.11 Å². The SMILES string of the molecule is COc1ccc(-c2nc3ccc(Cl)cc3c3c(=O)n(CC(=O)O)c(C)nc23)cc1. The number of hydrogen-bond donors (Lipinski definition) is 1. The highest BCUT2D eigenvalue weighted by Gasteiger charge is 2.19. The highest BCUT2D eigenvalue weighted by atomic mass is 35.5. The van der Waals surface area contributed by atoms with Crippen LogP contribution in [0.5, 0.6) is 5.75 Å². The Bertz CT molecular complexity index is 1330. The average molecular weight is 410 g/mol. The van der Waals surface area contributed by atoms with Gasteiger partial charge in [0.1, 0.15) is 23.6 Å². The lowest BCUT2D eigenvalue weighted by Gasteiger charge is -2.13. The number of fused-ring (bicyclic) bond motifs is 3. The van der Waals surface area contributed by atoms with E-state index in [-0.39, 0.29) is 5.39 Å². The van der Waals surface area contributed by atoms with Gasteiger partial charge in [0.05, 0.1) is 23.7 Å². The molecule has 0 aliphatic heterocycles. The van der Waals surface area contributed by atoms with Crippen LogP contribution in [0, 0.1) is 6.92 Å². The van der Waals surface area contributed by atoms with Gasteiger partial charge in [-0.3, -0.25) is 14.2 Å². The Labute approximate surface area is 170 Å². The van der Waals surface area contributed by atoms with Gasteiger partial charge in [0.15, 0.2) is 0 Å². The molecule has 0 amide bonds. The third-order valence-corrected chi connectivity index (χ3v) is 4.94. The second-order valence-electron chi connectivity index (χ2n) is 6.52. The Morgan fingerprint density at radius 1 is 1.17 bits per heavy atom. The van der Waals surface area contributed by atoms with E-state index < -0.39 is 18.1 Å². The van der Waals surface area contributed by atoms with Crippen LogP contribution in [0.1, 0.15) is 5.82 Å². The van der Waals surface area contributed by atoms with Gasteiger partial charge >= 0.3 is 5.97 Å². The van der Waals surface area contributed by atoms with E-state index in [4.69, 9.17) is 21.3 Å². The molecule has 8 heteroatoms. The van der Waals surface area contributed by atoms with Gasteiger partial charge in [-0.25, -0.2) is 9.97 Å². The molecule has 0 radical (unpaired) electrons. The minimum atomic E-state index is -1.12. The predicted octanol–water partition coefficient (Wildman–Crippen LogP) is 3.67. The second-order valence-corrected chi connectivity index (χ2v) is 6.95. The van der Waals surface area contributed by atoms with Crippen molar-refractivity contribution in [3.8, 4) is 17.0 Å². The monoisotopic (exact) mass is 409 g/mol. The summed E-state index contributed by atoms with van der Waals surface area (Å²) in [6.07, 6.45) is 0. The van der Waals surface area contributed by atoms with E-state index in [1.54, 1.807) is 44.4 Å². The predicted molar refractivity (Wildman–Crippen MR) is 111 cm³/mol. The molecule has 0 aliphatic rings. The molecule has 0 fully saturated rings. The third-order valence-electron chi connectivity index (χ3n) is 4.70. The van der Waals surface area contributed by atoms with Crippen LogP contribution < -0.4 is 10.3 Å². The second kappa shape index (κ2) is 7.18. The summed E-state index contributed by atoms with van der Waals surface area (Å²) in [6.45, 7) is 1.12. The van der Waals surface area contributed by atoms with Crippen LogP contribution in [0.4, 0.5) is 0 Å². The number of carboxylic acid groups (broad SMARTS) is 1. The van der Waals surface area contributed by atoms with Gasteiger partial charge in [0, 0.05) is 16.0 Å². The minimum Gasteiger partial charge on any atom is -0.497 e. The summed E-state index contributed by atoms with van der Waals surface area (Å²) in [6, 6.07) is 12.3. The fourth-order valence-electron chi connectivity index (χ4n) is 3.33. The molecule has 2 aromatic heterocycles. The quantitative estimate of drug-likeness (QED) is 0.517. The minimum absolute atomic E-state index is 0.287. The summed E-state index contributed by atoms with van der Waals surface area (Å²) in [7, 11) is 1.58. The highest BCUT2D eigenvalue weighted by Crippen LogP contribution is 2.31. The number of aliphatic carboxylic acids is 1. The van der Waals surface area contributed by atoms with Crippen molar-refractivity contribution in [1.29, 1.82) is 0 Å². The van der Waals surface area contributed by atoms with Gasteiger partial charge in [-0.1, -0.05) is 11.6 Å². The largest absolute Gasteiger partial charge is 0.497 e. The molecule has 2 aromatic carbocycles. The van der Waals surface area contributed by atoms with E-state index in [0.29, 0.717) is 38.7 Å². The van der Waals surface area contributed by atoms with Crippen molar-refractivity contribution in [3.63, 3.8) is 0 Å². The van der Waals surface area contributed by atoms with E-state index in [1.165, 1.54) is 0 Å². The Morgan fingerprint density at radius 2 is 1.90 bits per heavy atom. The fourth-order valence-corrected chi connectivity index (χ4v) is 3.50. The number of halogens is 1. The van der Waals surface area contributed by atoms with Gasteiger partial charge < -0.3 is 9.84 Å². The zero-order valence-corrected chi connectivity index (χ0v) is 16.4. The summed E-state index contributed by atoms with van der Waals surface area (Å²) in [4.78, 5) is 33.8. The maximum atomic E-state index is 13.3. The number of ether oxygens (including phenoxy) is 1. The first-order valence-corrected chi connectivity index (χ1v) is 9.13. The molecule has 0 spiro atoms.